The molecule has 0 heterocycles. The van der Waals surface area contributed by atoms with Crippen molar-refractivity contribution in [1.82, 2.24) is 0 Å². The van der Waals surface area contributed by atoms with Gasteiger partial charge in [-0.2, -0.15) is 0 Å². The van der Waals surface area contributed by atoms with Gasteiger partial charge in [0.1, 0.15) is 0 Å². The van der Waals surface area contributed by atoms with Gasteiger partial charge in [-0.05, 0) is 0 Å². The van der Waals surface area contributed by atoms with Gasteiger partial charge in [0, 0.05) is 0 Å². The molecule has 0 nitrogen and oxygen atoms in total. The predicted octanol–water partition coefficient (Wildman–Crippen LogP) is 3.26. The summed E-state index contributed by atoms with van der Waals surface area (Å²) in [5.41, 5.74) is 9.99. The van der Waals surface area contributed by atoms with Crippen molar-refractivity contribution in [3.8, 4) is 0 Å². The van der Waals surface area contributed by atoms with Gasteiger partial charge in [0.2, 0.25) is 0 Å². The molecule has 0 N–H and O–H groups in total. The zero-order chi connectivity index (χ0) is 19.8. The average Bonchev–Trinajstić information content (AvgIpc) is 2.72. The van der Waals surface area contributed by atoms with Crippen LogP contribution in [0.3, 0.4) is 0 Å². The van der Waals surface area contributed by atoms with Gasteiger partial charge in [-0.25, -0.2) is 0 Å². The third-order valence-electron chi connectivity index (χ3n) is 5.94. The molecule has 0 fully saturated rings. The minimum absolute atomic E-state index is 0.0824. The Labute approximate surface area is 177 Å². The van der Waals surface area contributed by atoms with Crippen LogP contribution in [0.2, 0.25) is 0 Å². The molecule has 27 heavy (non-hydrogen) atoms. The van der Waals surface area contributed by atoms with Gasteiger partial charge in [-0.15, -0.1) is 0 Å². The van der Waals surface area contributed by atoms with Crippen molar-refractivity contribution in [2.24, 2.45) is 0 Å². The van der Waals surface area contributed by atoms with Gasteiger partial charge in [-0.1, -0.05) is 0 Å². The normalized spacial score (nSPS) is 12.1. The summed E-state index contributed by atoms with van der Waals surface area (Å²) in [6.07, 6.45) is 7.22. The number of benzene rings is 2. The van der Waals surface area contributed by atoms with Crippen LogP contribution in [0.4, 0.5) is 0 Å². The Kier molecular flexibility index (Phi) is 9.60. The molecular weight excluding hydrogens is 396 g/mol. The molecule has 0 aliphatic heterocycles. The van der Waals surface area contributed by atoms with Gasteiger partial charge < -0.3 is 0 Å². The molecule has 0 spiro atoms. The minimum atomic E-state index is -0.0824. The Balaban J connectivity index is 2.20. The van der Waals surface area contributed by atoms with Crippen LogP contribution in [-0.4, -0.2) is 16.2 Å². The first-order chi connectivity index (χ1) is 13.1. The molecule has 0 aliphatic rings. The molecule has 2 aromatic rings. The van der Waals surface area contributed by atoms with Crippen LogP contribution in [0.25, 0.3) is 0 Å². The van der Waals surface area contributed by atoms with E-state index in [-0.39, 0.29) is 16.2 Å². The Morgan fingerprint density at radius 3 is 1.19 bits per heavy atom. The van der Waals surface area contributed by atoms with Crippen molar-refractivity contribution in [1.29, 1.82) is 0 Å². The molecule has 0 saturated carbocycles. The summed E-state index contributed by atoms with van der Waals surface area (Å²) >= 11 is 0.908. The molecular formula is C24H38CrSi2. The summed E-state index contributed by atoms with van der Waals surface area (Å²) < 4.78 is 0. The van der Waals surface area contributed by atoms with Crippen LogP contribution < -0.4 is 10.4 Å². The molecule has 148 valence electrons. The number of hydrogen-bond acceptors (Lipinski definition) is 0. The van der Waals surface area contributed by atoms with Gasteiger partial charge in [0.05, 0.1) is 0 Å². The average molecular weight is 435 g/mol. The summed E-state index contributed by atoms with van der Waals surface area (Å²) in [5.74, 6) is 0. The maximum atomic E-state index is 2.51. The monoisotopic (exact) mass is 434 g/mol. The van der Waals surface area contributed by atoms with E-state index in [1.807, 2.05) is 0 Å². The fraction of sp³-hybridized carbons (Fsp3) is 0.500. The summed E-state index contributed by atoms with van der Waals surface area (Å²) in [4.78, 5) is 0. The van der Waals surface area contributed by atoms with E-state index in [4.69, 9.17) is 0 Å². The topological polar surface area (TPSA) is 0 Å². The summed E-state index contributed by atoms with van der Waals surface area (Å²) in [7, 11) is -0.165. The van der Waals surface area contributed by atoms with Crippen LogP contribution in [0, 0.1) is 0 Å². The summed E-state index contributed by atoms with van der Waals surface area (Å²) in [6.45, 7) is 14.0. The first-order valence-corrected chi connectivity index (χ1v) is 18.9. The van der Waals surface area contributed by atoms with Crippen LogP contribution in [0.1, 0.15) is 74.9 Å². The van der Waals surface area contributed by atoms with Crippen molar-refractivity contribution in [3.05, 3.63) is 57.6 Å². The molecule has 0 aliphatic carbocycles. The van der Waals surface area contributed by atoms with E-state index < -0.39 is 0 Å². The van der Waals surface area contributed by atoms with Crippen LogP contribution in [0.5, 0.6) is 0 Å². The fourth-order valence-corrected chi connectivity index (χ4v) is 18.6. The van der Waals surface area contributed by atoms with Crippen molar-refractivity contribution < 1.29 is 13.9 Å². The van der Waals surface area contributed by atoms with E-state index >= 15 is 0 Å². The Bertz CT molecular complexity index is 689. The molecule has 0 bridgehead atoms. The first-order valence-electron chi connectivity index (χ1n) is 11.0. The second-order valence-electron chi connectivity index (χ2n) is 7.30. The molecule has 2 rings (SSSR count). The van der Waals surface area contributed by atoms with E-state index in [0.29, 0.717) is 0 Å². The molecule has 0 unspecified atom stereocenters. The molecule has 0 atom stereocenters. The first kappa shape index (κ1) is 22.7. The third kappa shape index (κ3) is 5.27. The predicted molar refractivity (Wildman–Crippen MR) is 126 cm³/mol. The standard InChI is InChI=1S/2C12H19Si.Cr/c2*1-4-9-7-8-12(13)11(6-3)10(9)5-2;/h2*7-8H,4-6,13H2,1-3H3;. The van der Waals surface area contributed by atoms with Gasteiger partial charge >= 0.3 is 178 Å². The molecule has 0 amide bonds. The summed E-state index contributed by atoms with van der Waals surface area (Å²) in [5, 5.41) is 3.58. The van der Waals surface area contributed by atoms with Crippen molar-refractivity contribution in [2.75, 3.05) is 0 Å². The zero-order valence-corrected chi connectivity index (χ0v) is 22.5. The number of hydrogen-bond donors (Lipinski definition) is 0. The molecule has 3 heteroatoms. The number of aryl methyl sites for hydroxylation is 2. The zero-order valence-electron chi connectivity index (χ0n) is 18.4. The van der Waals surface area contributed by atoms with E-state index in [0.717, 1.165) is 13.9 Å². The van der Waals surface area contributed by atoms with E-state index in [9.17, 15) is 0 Å². The fourth-order valence-electron chi connectivity index (χ4n) is 4.55. The Hall–Kier alpha value is -0.594. The van der Waals surface area contributed by atoms with E-state index in [1.54, 1.807) is 43.8 Å². The second kappa shape index (κ2) is 11.4. The molecule has 0 aromatic heterocycles. The van der Waals surface area contributed by atoms with Crippen LogP contribution >= 0.6 is 0 Å². The maximum absolute atomic E-state index is 2.51. The summed E-state index contributed by atoms with van der Waals surface area (Å²) in [6, 6.07) is 9.91. The quantitative estimate of drug-likeness (QED) is 0.504. The molecule has 0 radical (unpaired) electrons. The third-order valence-corrected chi connectivity index (χ3v) is 18.2. The van der Waals surface area contributed by atoms with Crippen molar-refractivity contribution >= 4 is 26.5 Å². The van der Waals surface area contributed by atoms with Gasteiger partial charge in [-0.3, -0.25) is 0 Å². The molecule has 0 saturated heterocycles. The number of rotatable bonds is 10. The van der Waals surface area contributed by atoms with Crippen molar-refractivity contribution in [3.63, 3.8) is 0 Å². The van der Waals surface area contributed by atoms with Gasteiger partial charge in [0.15, 0.2) is 0 Å². The van der Waals surface area contributed by atoms with E-state index in [2.05, 4.69) is 65.8 Å². The molecule has 2 aromatic carbocycles. The second-order valence-corrected chi connectivity index (χ2v) is 19.5. The Morgan fingerprint density at radius 2 is 0.889 bits per heavy atom. The Morgan fingerprint density at radius 1 is 0.519 bits per heavy atom. The van der Waals surface area contributed by atoms with Gasteiger partial charge in [0.25, 0.3) is 0 Å². The van der Waals surface area contributed by atoms with E-state index in [1.165, 1.54) is 38.5 Å². The van der Waals surface area contributed by atoms with Crippen molar-refractivity contribution in [2.45, 2.75) is 80.1 Å². The van der Waals surface area contributed by atoms with Crippen LogP contribution in [-0.2, 0) is 52.5 Å². The van der Waals surface area contributed by atoms with Crippen LogP contribution in [0.15, 0.2) is 24.3 Å². The SMILES string of the molecule is CCc1ccc([SiH2][Cr][SiH2]c2ccc(CC)c(CC)c2CC)c(CC)c1CC.